The summed E-state index contributed by atoms with van der Waals surface area (Å²) < 4.78 is 17.1. The van der Waals surface area contributed by atoms with Crippen LogP contribution in [0.5, 0.6) is 11.5 Å². The molecule has 2 aromatic carbocycles. The van der Waals surface area contributed by atoms with Gasteiger partial charge in [0.15, 0.2) is 11.5 Å². The van der Waals surface area contributed by atoms with Gasteiger partial charge in [-0.1, -0.05) is 17.3 Å². The van der Waals surface area contributed by atoms with Gasteiger partial charge in [0, 0.05) is 6.08 Å². The van der Waals surface area contributed by atoms with Crippen molar-refractivity contribution in [1.82, 2.24) is 15.0 Å². The van der Waals surface area contributed by atoms with Crippen molar-refractivity contribution in [3.05, 3.63) is 71.6 Å². The normalized spacial score (nSPS) is 10.5. The van der Waals surface area contributed by atoms with E-state index in [9.17, 15) is 4.79 Å². The van der Waals surface area contributed by atoms with E-state index < -0.39 is 5.97 Å². The van der Waals surface area contributed by atoms with Gasteiger partial charge < -0.3 is 14.2 Å². The minimum Gasteiger partial charge on any atom is -0.493 e. The Hall–Kier alpha value is -4.12. The summed E-state index contributed by atoms with van der Waals surface area (Å²) in [5.74, 6) is 0.663. The Morgan fingerprint density at radius 2 is 2.00 bits per heavy atom. The molecule has 0 aliphatic rings. The summed E-state index contributed by atoms with van der Waals surface area (Å²) in [5, 5.41) is 16.9. The minimum absolute atomic E-state index is 0.0208. The summed E-state index contributed by atoms with van der Waals surface area (Å²) in [6, 6.07) is 14.3. The molecule has 0 N–H and O–H groups in total. The van der Waals surface area contributed by atoms with Crippen LogP contribution in [0.15, 0.2) is 54.7 Å². The number of rotatable bonds is 7. The highest BCUT2D eigenvalue weighted by Gasteiger charge is 2.07. The van der Waals surface area contributed by atoms with E-state index in [4.69, 9.17) is 19.5 Å². The molecular formula is C21H18N4O4. The molecule has 0 amide bonds. The third-order valence-electron chi connectivity index (χ3n) is 3.96. The van der Waals surface area contributed by atoms with Crippen molar-refractivity contribution < 1.29 is 19.0 Å². The fraction of sp³-hybridized carbons (Fsp3) is 0.143. The first-order valence-corrected chi connectivity index (χ1v) is 8.61. The molecule has 0 aliphatic heterocycles. The molecule has 0 atom stereocenters. The quantitative estimate of drug-likeness (QED) is 0.452. The molecule has 0 saturated heterocycles. The average molecular weight is 390 g/mol. The highest BCUT2D eigenvalue weighted by Crippen LogP contribution is 2.27. The number of hydrogen-bond donors (Lipinski definition) is 0. The van der Waals surface area contributed by atoms with Crippen LogP contribution in [0.4, 0.5) is 0 Å². The summed E-state index contributed by atoms with van der Waals surface area (Å²) in [5.41, 5.74) is 2.47. The van der Waals surface area contributed by atoms with Gasteiger partial charge in [-0.05, 0) is 42.0 Å². The van der Waals surface area contributed by atoms with Crippen molar-refractivity contribution in [2.24, 2.45) is 0 Å². The van der Waals surface area contributed by atoms with Gasteiger partial charge in [0.05, 0.1) is 37.7 Å². The number of nitrogens with zero attached hydrogens (tertiary/aromatic N) is 4. The predicted octanol–water partition coefficient (Wildman–Crippen LogP) is 2.91. The Morgan fingerprint density at radius 1 is 1.17 bits per heavy atom. The highest BCUT2D eigenvalue weighted by atomic mass is 16.5. The van der Waals surface area contributed by atoms with Gasteiger partial charge in [-0.15, -0.1) is 5.10 Å². The second kappa shape index (κ2) is 9.19. The molecule has 3 rings (SSSR count). The second-order valence-electron chi connectivity index (χ2n) is 5.87. The van der Waals surface area contributed by atoms with Crippen LogP contribution in [0.1, 0.15) is 16.8 Å². The van der Waals surface area contributed by atoms with Crippen molar-refractivity contribution in [1.29, 1.82) is 5.26 Å². The summed E-state index contributed by atoms with van der Waals surface area (Å²) in [4.78, 5) is 12.0. The van der Waals surface area contributed by atoms with Crippen LogP contribution in [0.25, 0.3) is 11.8 Å². The Balaban J connectivity index is 1.59. The average Bonchev–Trinajstić information content (AvgIpc) is 3.25. The lowest BCUT2D eigenvalue weighted by atomic mass is 10.2. The zero-order chi connectivity index (χ0) is 20.6. The Kier molecular flexibility index (Phi) is 6.22. The molecule has 0 fully saturated rings. The summed E-state index contributed by atoms with van der Waals surface area (Å²) in [7, 11) is 3.10. The van der Waals surface area contributed by atoms with Crippen molar-refractivity contribution in [2.75, 3.05) is 14.2 Å². The van der Waals surface area contributed by atoms with Crippen molar-refractivity contribution >= 4 is 12.0 Å². The number of methoxy groups -OCH3 is 2. The number of hydrogen-bond acceptors (Lipinski definition) is 7. The van der Waals surface area contributed by atoms with Gasteiger partial charge in [0.25, 0.3) is 0 Å². The Labute approximate surface area is 167 Å². The van der Waals surface area contributed by atoms with Crippen LogP contribution in [0, 0.1) is 11.3 Å². The molecule has 0 unspecified atom stereocenters. The van der Waals surface area contributed by atoms with Crippen molar-refractivity contribution in [3.8, 4) is 23.3 Å². The summed E-state index contributed by atoms with van der Waals surface area (Å²) in [6.45, 7) is -0.0208. The standard InChI is InChI=1S/C21H18N4O4/c1-27-19-8-6-15(11-20(19)28-2)7-9-21(26)29-14-17-13-25(24-23-17)18-5-3-4-16(10-18)12-22/h3-11,13H,14H2,1-2H3/b9-7+. The topological polar surface area (TPSA) is 99.3 Å². The van der Waals surface area contributed by atoms with Crippen LogP contribution in [-0.4, -0.2) is 35.2 Å². The smallest absolute Gasteiger partial charge is 0.331 e. The number of carbonyl (C=O) groups excluding carboxylic acids is 1. The molecule has 0 saturated carbocycles. The SMILES string of the molecule is COc1ccc(/C=C/C(=O)OCc2cn(-c3cccc(C#N)c3)nn2)cc1OC. The van der Waals surface area contributed by atoms with Crippen LogP contribution in [-0.2, 0) is 16.1 Å². The van der Waals surface area contributed by atoms with Gasteiger partial charge in [-0.3, -0.25) is 0 Å². The highest BCUT2D eigenvalue weighted by molar-refractivity contribution is 5.87. The van der Waals surface area contributed by atoms with Crippen LogP contribution < -0.4 is 9.47 Å². The molecule has 8 nitrogen and oxygen atoms in total. The van der Waals surface area contributed by atoms with E-state index in [0.29, 0.717) is 28.4 Å². The molecule has 0 radical (unpaired) electrons. The van der Waals surface area contributed by atoms with Gasteiger partial charge >= 0.3 is 5.97 Å². The first kappa shape index (κ1) is 19.6. The maximum absolute atomic E-state index is 12.0. The van der Waals surface area contributed by atoms with Gasteiger partial charge in [0.1, 0.15) is 12.3 Å². The minimum atomic E-state index is -0.513. The van der Waals surface area contributed by atoms with Crippen molar-refractivity contribution in [2.45, 2.75) is 6.61 Å². The first-order valence-electron chi connectivity index (χ1n) is 8.61. The van der Waals surface area contributed by atoms with E-state index >= 15 is 0 Å². The molecule has 3 aromatic rings. The van der Waals surface area contributed by atoms with E-state index in [1.165, 1.54) is 10.8 Å². The third kappa shape index (κ3) is 4.99. The largest absolute Gasteiger partial charge is 0.493 e. The maximum atomic E-state index is 12.0. The molecule has 146 valence electrons. The van der Waals surface area contributed by atoms with Gasteiger partial charge in [-0.2, -0.15) is 5.26 Å². The molecule has 1 heterocycles. The number of ether oxygens (including phenoxy) is 3. The molecular weight excluding hydrogens is 372 g/mol. The lowest BCUT2D eigenvalue weighted by Gasteiger charge is -2.07. The lowest BCUT2D eigenvalue weighted by Crippen LogP contribution is -2.01. The number of nitriles is 1. The Morgan fingerprint density at radius 3 is 2.76 bits per heavy atom. The molecule has 8 heteroatoms. The van der Waals surface area contributed by atoms with Gasteiger partial charge in [-0.25, -0.2) is 9.48 Å². The zero-order valence-electron chi connectivity index (χ0n) is 15.9. The molecule has 0 aliphatic carbocycles. The number of benzene rings is 2. The number of carbonyl (C=O) groups is 1. The van der Waals surface area contributed by atoms with Crippen LogP contribution in [0.3, 0.4) is 0 Å². The van der Waals surface area contributed by atoms with E-state index in [-0.39, 0.29) is 6.61 Å². The number of aromatic nitrogens is 3. The van der Waals surface area contributed by atoms with Crippen LogP contribution >= 0.6 is 0 Å². The van der Waals surface area contributed by atoms with Crippen molar-refractivity contribution in [3.63, 3.8) is 0 Å². The molecule has 1 aromatic heterocycles. The fourth-order valence-corrected chi connectivity index (χ4v) is 2.52. The van der Waals surface area contributed by atoms with E-state index in [0.717, 1.165) is 5.56 Å². The third-order valence-corrected chi connectivity index (χ3v) is 3.96. The summed E-state index contributed by atoms with van der Waals surface area (Å²) >= 11 is 0. The van der Waals surface area contributed by atoms with E-state index in [1.807, 2.05) is 0 Å². The summed E-state index contributed by atoms with van der Waals surface area (Å²) in [6.07, 6.45) is 4.58. The van der Waals surface area contributed by atoms with Gasteiger partial charge in [0.2, 0.25) is 0 Å². The fourth-order valence-electron chi connectivity index (χ4n) is 2.52. The van der Waals surface area contributed by atoms with E-state index in [2.05, 4.69) is 16.4 Å². The Bertz CT molecular complexity index is 1080. The monoisotopic (exact) mass is 390 g/mol. The first-order chi connectivity index (χ1) is 14.1. The molecule has 0 bridgehead atoms. The maximum Gasteiger partial charge on any atom is 0.331 e. The molecule has 29 heavy (non-hydrogen) atoms. The number of esters is 1. The van der Waals surface area contributed by atoms with E-state index in [1.54, 1.807) is 69.0 Å². The zero-order valence-corrected chi connectivity index (χ0v) is 15.9. The second-order valence-corrected chi connectivity index (χ2v) is 5.87. The van der Waals surface area contributed by atoms with Crippen LogP contribution in [0.2, 0.25) is 0 Å². The predicted molar refractivity (Wildman–Crippen MR) is 104 cm³/mol. The lowest BCUT2D eigenvalue weighted by molar-refractivity contribution is -0.139. The molecule has 0 spiro atoms.